The Balaban J connectivity index is 1.96. The summed E-state index contributed by atoms with van der Waals surface area (Å²) in [5, 5.41) is 11.6. The van der Waals surface area contributed by atoms with Gasteiger partial charge in [-0.2, -0.15) is 4.98 Å². The summed E-state index contributed by atoms with van der Waals surface area (Å²) in [4.78, 5) is 4.05. The summed E-state index contributed by atoms with van der Waals surface area (Å²) in [6.45, 7) is 1.70. The van der Waals surface area contributed by atoms with Gasteiger partial charge in [0.2, 0.25) is 11.7 Å². The molecule has 0 atom stereocenters. The van der Waals surface area contributed by atoms with Crippen molar-refractivity contribution in [1.82, 2.24) is 25.1 Å². The van der Waals surface area contributed by atoms with E-state index in [1.165, 1.54) is 16.8 Å². The van der Waals surface area contributed by atoms with Crippen molar-refractivity contribution < 1.29 is 8.91 Å². The molecule has 0 radical (unpaired) electrons. The third-order valence-electron chi connectivity index (χ3n) is 2.34. The van der Waals surface area contributed by atoms with Gasteiger partial charge in [-0.05, 0) is 24.3 Å². The van der Waals surface area contributed by atoms with Crippen LogP contribution in [0.15, 0.2) is 35.0 Å². The average molecular weight is 245 g/mol. The topological polar surface area (TPSA) is 69.6 Å². The molecular formula is C11H8FN5O. The molecule has 3 rings (SSSR count). The van der Waals surface area contributed by atoms with Crippen LogP contribution in [-0.4, -0.2) is 25.1 Å². The minimum atomic E-state index is -0.298. The molecular weight excluding hydrogens is 237 g/mol. The highest BCUT2D eigenvalue weighted by Crippen LogP contribution is 2.14. The molecule has 0 bridgehead atoms. The summed E-state index contributed by atoms with van der Waals surface area (Å²) in [6, 6.07) is 5.93. The average Bonchev–Trinajstić information content (AvgIpc) is 2.98. The third kappa shape index (κ3) is 1.86. The molecule has 2 heterocycles. The van der Waals surface area contributed by atoms with E-state index in [2.05, 4.69) is 20.5 Å². The first kappa shape index (κ1) is 10.6. The summed E-state index contributed by atoms with van der Waals surface area (Å²) >= 11 is 0. The van der Waals surface area contributed by atoms with Crippen molar-refractivity contribution in [2.75, 3.05) is 0 Å². The Bertz CT molecular complexity index is 673. The van der Waals surface area contributed by atoms with Crippen LogP contribution in [0.3, 0.4) is 0 Å². The maximum atomic E-state index is 12.8. The van der Waals surface area contributed by atoms with E-state index in [0.29, 0.717) is 23.1 Å². The van der Waals surface area contributed by atoms with Crippen molar-refractivity contribution >= 4 is 0 Å². The van der Waals surface area contributed by atoms with Gasteiger partial charge in [0.1, 0.15) is 5.82 Å². The van der Waals surface area contributed by atoms with Crippen LogP contribution in [0.1, 0.15) is 5.89 Å². The highest BCUT2D eigenvalue weighted by atomic mass is 19.1. The Morgan fingerprint density at radius 3 is 2.67 bits per heavy atom. The number of rotatable bonds is 2. The van der Waals surface area contributed by atoms with Crippen molar-refractivity contribution in [3.63, 3.8) is 0 Å². The van der Waals surface area contributed by atoms with Gasteiger partial charge in [0.05, 0.1) is 11.9 Å². The lowest BCUT2D eigenvalue weighted by Gasteiger charge is -1.97. The summed E-state index contributed by atoms with van der Waals surface area (Å²) in [7, 11) is 0. The first-order valence-electron chi connectivity index (χ1n) is 5.21. The number of aryl methyl sites for hydroxylation is 1. The lowest BCUT2D eigenvalue weighted by Crippen LogP contribution is -1.94. The van der Waals surface area contributed by atoms with E-state index in [9.17, 15) is 4.39 Å². The highest BCUT2D eigenvalue weighted by Gasteiger charge is 2.10. The Morgan fingerprint density at radius 2 is 2.00 bits per heavy atom. The minimum absolute atomic E-state index is 0.298. The normalized spacial score (nSPS) is 10.8. The second kappa shape index (κ2) is 4.02. The molecule has 0 amide bonds. The number of benzene rings is 1. The molecule has 0 aliphatic heterocycles. The zero-order chi connectivity index (χ0) is 12.5. The first-order valence-corrected chi connectivity index (χ1v) is 5.21. The molecule has 1 aromatic carbocycles. The van der Waals surface area contributed by atoms with Gasteiger partial charge < -0.3 is 4.52 Å². The zero-order valence-corrected chi connectivity index (χ0v) is 9.41. The lowest BCUT2D eigenvalue weighted by atomic mass is 10.3. The molecule has 0 saturated heterocycles. The van der Waals surface area contributed by atoms with Gasteiger partial charge in [-0.1, -0.05) is 10.4 Å². The fourth-order valence-corrected chi connectivity index (χ4v) is 1.49. The molecule has 18 heavy (non-hydrogen) atoms. The molecule has 6 nitrogen and oxygen atoms in total. The molecule has 0 spiro atoms. The molecule has 2 aromatic heterocycles. The van der Waals surface area contributed by atoms with Crippen molar-refractivity contribution in [2.45, 2.75) is 6.92 Å². The predicted octanol–water partition coefficient (Wildman–Crippen LogP) is 1.76. The maximum Gasteiger partial charge on any atom is 0.224 e. The molecule has 7 heteroatoms. The Morgan fingerprint density at radius 1 is 1.22 bits per heavy atom. The van der Waals surface area contributed by atoms with Crippen LogP contribution in [0.25, 0.3) is 17.2 Å². The van der Waals surface area contributed by atoms with Crippen LogP contribution < -0.4 is 0 Å². The van der Waals surface area contributed by atoms with Crippen molar-refractivity contribution in [2.24, 2.45) is 0 Å². The van der Waals surface area contributed by atoms with Gasteiger partial charge in [-0.3, -0.25) is 0 Å². The van der Waals surface area contributed by atoms with E-state index in [0.717, 1.165) is 0 Å². The minimum Gasteiger partial charge on any atom is -0.339 e. The second-order valence-corrected chi connectivity index (χ2v) is 3.66. The van der Waals surface area contributed by atoms with E-state index < -0.39 is 0 Å². The summed E-state index contributed by atoms with van der Waals surface area (Å²) < 4.78 is 19.2. The van der Waals surface area contributed by atoms with Crippen LogP contribution in [-0.2, 0) is 0 Å². The molecule has 0 N–H and O–H groups in total. The second-order valence-electron chi connectivity index (χ2n) is 3.66. The molecule has 3 aromatic rings. The monoisotopic (exact) mass is 245 g/mol. The van der Waals surface area contributed by atoms with Gasteiger partial charge in [0.15, 0.2) is 5.69 Å². The van der Waals surface area contributed by atoms with E-state index >= 15 is 0 Å². The number of hydrogen-bond acceptors (Lipinski definition) is 5. The standard InChI is InChI=1S/C11H8FN5O/c1-7-13-11(15-18-7)10-6-17(16-14-10)9-4-2-8(12)3-5-9/h2-6H,1H3. The van der Waals surface area contributed by atoms with Crippen LogP contribution in [0.2, 0.25) is 0 Å². The third-order valence-corrected chi connectivity index (χ3v) is 2.34. The quantitative estimate of drug-likeness (QED) is 0.688. The van der Waals surface area contributed by atoms with Gasteiger partial charge >= 0.3 is 0 Å². The van der Waals surface area contributed by atoms with Crippen LogP contribution >= 0.6 is 0 Å². The zero-order valence-electron chi connectivity index (χ0n) is 9.41. The van der Waals surface area contributed by atoms with E-state index in [4.69, 9.17) is 4.52 Å². The fraction of sp³-hybridized carbons (Fsp3) is 0.0909. The van der Waals surface area contributed by atoms with Crippen LogP contribution in [0.4, 0.5) is 4.39 Å². The van der Waals surface area contributed by atoms with Gasteiger partial charge in [0, 0.05) is 6.92 Å². The van der Waals surface area contributed by atoms with Crippen molar-refractivity contribution in [3.05, 3.63) is 42.2 Å². The van der Waals surface area contributed by atoms with E-state index in [-0.39, 0.29) is 5.82 Å². The molecule has 90 valence electrons. The summed E-state index contributed by atoms with van der Waals surface area (Å²) in [6.07, 6.45) is 1.65. The van der Waals surface area contributed by atoms with Crippen LogP contribution in [0.5, 0.6) is 0 Å². The van der Waals surface area contributed by atoms with Crippen molar-refractivity contribution in [3.8, 4) is 17.2 Å². The van der Waals surface area contributed by atoms with E-state index in [1.807, 2.05) is 0 Å². The molecule has 0 saturated carbocycles. The molecule has 0 aliphatic rings. The number of aromatic nitrogens is 5. The molecule has 0 unspecified atom stereocenters. The molecule has 0 fully saturated rings. The van der Waals surface area contributed by atoms with E-state index in [1.54, 1.807) is 25.3 Å². The smallest absolute Gasteiger partial charge is 0.224 e. The Labute approximate surface area is 101 Å². The Kier molecular flexibility index (Phi) is 2.36. The first-order chi connectivity index (χ1) is 8.72. The van der Waals surface area contributed by atoms with Gasteiger partial charge in [-0.15, -0.1) is 5.10 Å². The summed E-state index contributed by atoms with van der Waals surface area (Å²) in [5.74, 6) is 0.537. The summed E-state index contributed by atoms with van der Waals surface area (Å²) in [5.41, 5.74) is 1.20. The number of nitrogens with zero attached hydrogens (tertiary/aromatic N) is 5. The number of halogens is 1. The van der Waals surface area contributed by atoms with Crippen molar-refractivity contribution in [1.29, 1.82) is 0 Å². The lowest BCUT2D eigenvalue weighted by molar-refractivity contribution is 0.394. The highest BCUT2D eigenvalue weighted by molar-refractivity contribution is 5.46. The molecule has 0 aliphatic carbocycles. The Hall–Kier alpha value is -2.57. The fourth-order valence-electron chi connectivity index (χ4n) is 1.49. The maximum absolute atomic E-state index is 12.8. The SMILES string of the molecule is Cc1nc(-c2cn(-c3ccc(F)cc3)nn2)no1. The number of hydrogen-bond donors (Lipinski definition) is 0. The van der Waals surface area contributed by atoms with Gasteiger partial charge in [-0.25, -0.2) is 9.07 Å². The largest absolute Gasteiger partial charge is 0.339 e. The van der Waals surface area contributed by atoms with Crippen LogP contribution in [0, 0.1) is 12.7 Å². The van der Waals surface area contributed by atoms with Gasteiger partial charge in [0.25, 0.3) is 0 Å². The predicted molar refractivity (Wildman–Crippen MR) is 59.3 cm³/mol.